The SMILES string of the molecule is COCC[C@@H]1CN(C(=O)CCc2c(C)[nH]c3ccccc3c2=O)CCO1. The highest BCUT2D eigenvalue weighted by Crippen LogP contribution is 2.14. The van der Waals surface area contributed by atoms with Gasteiger partial charge in [-0.1, -0.05) is 12.1 Å². The molecule has 0 unspecified atom stereocenters. The van der Waals surface area contributed by atoms with Crippen molar-refractivity contribution in [3.05, 3.63) is 45.7 Å². The zero-order chi connectivity index (χ0) is 18.5. The number of benzene rings is 1. The van der Waals surface area contributed by atoms with E-state index < -0.39 is 0 Å². The molecule has 0 spiro atoms. The van der Waals surface area contributed by atoms with Gasteiger partial charge in [-0.25, -0.2) is 0 Å². The molecule has 0 saturated carbocycles. The van der Waals surface area contributed by atoms with Crippen LogP contribution in [0.25, 0.3) is 10.9 Å². The van der Waals surface area contributed by atoms with Gasteiger partial charge in [0.2, 0.25) is 5.91 Å². The van der Waals surface area contributed by atoms with E-state index in [1.807, 2.05) is 36.1 Å². The van der Waals surface area contributed by atoms with E-state index in [0.717, 1.165) is 17.6 Å². The minimum absolute atomic E-state index is 0.0181. The summed E-state index contributed by atoms with van der Waals surface area (Å²) in [4.78, 5) is 30.4. The molecule has 6 nitrogen and oxygen atoms in total. The number of rotatable bonds is 6. The van der Waals surface area contributed by atoms with Crippen molar-refractivity contribution in [2.24, 2.45) is 0 Å². The smallest absolute Gasteiger partial charge is 0.223 e. The fourth-order valence-electron chi connectivity index (χ4n) is 3.46. The van der Waals surface area contributed by atoms with Crippen LogP contribution in [0.4, 0.5) is 0 Å². The van der Waals surface area contributed by atoms with Crippen LogP contribution in [-0.2, 0) is 20.7 Å². The number of carbonyl (C=O) groups is 1. The Bertz CT molecular complexity index is 830. The molecule has 1 N–H and O–H groups in total. The number of methoxy groups -OCH3 is 1. The Morgan fingerprint density at radius 2 is 2.19 bits per heavy atom. The number of nitrogens with zero attached hydrogens (tertiary/aromatic N) is 1. The molecule has 140 valence electrons. The van der Waals surface area contributed by atoms with Gasteiger partial charge in [0, 0.05) is 55.4 Å². The second-order valence-corrected chi connectivity index (χ2v) is 6.72. The Morgan fingerprint density at radius 3 is 3.00 bits per heavy atom. The van der Waals surface area contributed by atoms with Gasteiger partial charge >= 0.3 is 0 Å². The van der Waals surface area contributed by atoms with Crippen molar-refractivity contribution in [1.29, 1.82) is 0 Å². The number of aryl methyl sites for hydroxylation is 1. The predicted octanol–water partition coefficient (Wildman–Crippen LogP) is 2.03. The zero-order valence-corrected chi connectivity index (χ0v) is 15.4. The molecule has 6 heteroatoms. The van der Waals surface area contributed by atoms with Crippen molar-refractivity contribution < 1.29 is 14.3 Å². The normalized spacial score (nSPS) is 17.6. The van der Waals surface area contributed by atoms with Crippen LogP contribution >= 0.6 is 0 Å². The highest BCUT2D eigenvalue weighted by molar-refractivity contribution is 5.80. The lowest BCUT2D eigenvalue weighted by Crippen LogP contribution is -2.46. The molecule has 1 aromatic carbocycles. The zero-order valence-electron chi connectivity index (χ0n) is 15.4. The molecular formula is C20H26N2O4. The Hall–Kier alpha value is -2.18. The molecule has 1 aromatic heterocycles. The summed E-state index contributed by atoms with van der Waals surface area (Å²) in [5, 5.41) is 0.673. The topological polar surface area (TPSA) is 71.6 Å². The summed E-state index contributed by atoms with van der Waals surface area (Å²) in [6.45, 7) is 4.27. The first-order chi connectivity index (χ1) is 12.6. The van der Waals surface area contributed by atoms with Crippen molar-refractivity contribution in [2.45, 2.75) is 32.3 Å². The van der Waals surface area contributed by atoms with Crippen LogP contribution < -0.4 is 5.43 Å². The van der Waals surface area contributed by atoms with E-state index in [4.69, 9.17) is 9.47 Å². The molecule has 2 aromatic rings. The maximum Gasteiger partial charge on any atom is 0.223 e. The Kier molecular flexibility index (Phi) is 6.06. The van der Waals surface area contributed by atoms with Gasteiger partial charge in [0.05, 0.1) is 12.7 Å². The molecule has 1 amide bonds. The molecule has 0 bridgehead atoms. The largest absolute Gasteiger partial charge is 0.385 e. The fourth-order valence-corrected chi connectivity index (χ4v) is 3.46. The summed E-state index contributed by atoms with van der Waals surface area (Å²) in [5.74, 6) is 0.0719. The third-order valence-corrected chi connectivity index (χ3v) is 4.94. The van der Waals surface area contributed by atoms with Crippen molar-refractivity contribution in [2.75, 3.05) is 33.4 Å². The average molecular weight is 358 g/mol. The Balaban J connectivity index is 1.66. The quantitative estimate of drug-likeness (QED) is 0.858. The molecule has 1 saturated heterocycles. The lowest BCUT2D eigenvalue weighted by molar-refractivity contribution is -0.139. The number of hydrogen-bond donors (Lipinski definition) is 1. The Morgan fingerprint density at radius 1 is 1.38 bits per heavy atom. The summed E-state index contributed by atoms with van der Waals surface area (Å²) >= 11 is 0. The van der Waals surface area contributed by atoms with Gasteiger partial charge in [0.15, 0.2) is 5.43 Å². The van der Waals surface area contributed by atoms with E-state index in [2.05, 4.69) is 4.98 Å². The summed E-state index contributed by atoms with van der Waals surface area (Å²) < 4.78 is 10.8. The van der Waals surface area contributed by atoms with E-state index in [9.17, 15) is 9.59 Å². The second kappa shape index (κ2) is 8.47. The highest BCUT2D eigenvalue weighted by atomic mass is 16.5. The van der Waals surface area contributed by atoms with Crippen molar-refractivity contribution in [3.63, 3.8) is 0 Å². The second-order valence-electron chi connectivity index (χ2n) is 6.72. The lowest BCUT2D eigenvalue weighted by Gasteiger charge is -2.33. The minimum atomic E-state index is 0.0181. The van der Waals surface area contributed by atoms with Gasteiger partial charge < -0.3 is 19.4 Å². The number of nitrogens with one attached hydrogen (secondary N) is 1. The summed E-state index contributed by atoms with van der Waals surface area (Å²) in [6, 6.07) is 7.48. The van der Waals surface area contributed by atoms with Crippen LogP contribution in [0.5, 0.6) is 0 Å². The monoisotopic (exact) mass is 358 g/mol. The molecule has 1 aliphatic heterocycles. The number of para-hydroxylation sites is 1. The third kappa shape index (κ3) is 4.14. The van der Waals surface area contributed by atoms with E-state index in [1.54, 1.807) is 7.11 Å². The number of H-pyrrole nitrogens is 1. The minimum Gasteiger partial charge on any atom is -0.385 e. The third-order valence-electron chi connectivity index (χ3n) is 4.94. The molecule has 1 aliphatic rings. The van der Waals surface area contributed by atoms with E-state index in [-0.39, 0.29) is 17.4 Å². The molecule has 2 heterocycles. The first-order valence-electron chi connectivity index (χ1n) is 9.09. The first kappa shape index (κ1) is 18.6. The number of aromatic nitrogens is 1. The van der Waals surface area contributed by atoms with Crippen molar-refractivity contribution in [3.8, 4) is 0 Å². The van der Waals surface area contributed by atoms with Gasteiger partial charge in [-0.05, 0) is 31.9 Å². The van der Waals surface area contributed by atoms with Crippen molar-refractivity contribution >= 4 is 16.8 Å². The number of hydrogen-bond acceptors (Lipinski definition) is 4. The molecule has 26 heavy (non-hydrogen) atoms. The number of ether oxygens (including phenoxy) is 2. The molecule has 1 atom stereocenters. The number of pyridine rings is 1. The number of fused-ring (bicyclic) bond motifs is 1. The molecule has 0 aliphatic carbocycles. The highest BCUT2D eigenvalue weighted by Gasteiger charge is 2.24. The van der Waals surface area contributed by atoms with Crippen LogP contribution in [0, 0.1) is 6.92 Å². The fraction of sp³-hybridized carbons (Fsp3) is 0.500. The maximum atomic E-state index is 12.7. The van der Waals surface area contributed by atoms with Crippen molar-refractivity contribution in [1.82, 2.24) is 9.88 Å². The van der Waals surface area contributed by atoms with Gasteiger partial charge in [-0.3, -0.25) is 9.59 Å². The molecule has 1 fully saturated rings. The summed E-state index contributed by atoms with van der Waals surface area (Å²) in [7, 11) is 1.66. The van der Waals surface area contributed by atoms with Crippen LogP contribution in [0.2, 0.25) is 0 Å². The van der Waals surface area contributed by atoms with Crippen LogP contribution in [-0.4, -0.2) is 55.3 Å². The molecule has 0 radical (unpaired) electrons. The average Bonchev–Trinajstić information content (AvgIpc) is 2.66. The summed E-state index contributed by atoms with van der Waals surface area (Å²) in [6.07, 6.45) is 1.59. The number of aromatic amines is 1. The standard InChI is InChI=1S/C20H26N2O4/c1-14-16(20(24)17-5-3-4-6-18(17)21-14)7-8-19(23)22-10-12-26-15(13-22)9-11-25-2/h3-6,15H,7-13H2,1-2H3,(H,21,24)/t15-/m1/s1. The van der Waals surface area contributed by atoms with Gasteiger partial charge in [0.25, 0.3) is 0 Å². The summed E-state index contributed by atoms with van der Waals surface area (Å²) in [5.41, 5.74) is 2.38. The predicted molar refractivity (Wildman–Crippen MR) is 100 cm³/mol. The maximum absolute atomic E-state index is 12.7. The molecular weight excluding hydrogens is 332 g/mol. The number of amides is 1. The van der Waals surface area contributed by atoms with Crippen LogP contribution in [0.1, 0.15) is 24.1 Å². The van der Waals surface area contributed by atoms with E-state index in [1.165, 1.54) is 0 Å². The van der Waals surface area contributed by atoms with E-state index in [0.29, 0.717) is 50.1 Å². The molecule has 3 rings (SSSR count). The van der Waals surface area contributed by atoms with Crippen LogP contribution in [0.3, 0.4) is 0 Å². The van der Waals surface area contributed by atoms with Gasteiger partial charge in [-0.2, -0.15) is 0 Å². The first-order valence-corrected chi connectivity index (χ1v) is 9.09. The Labute approximate surface area is 153 Å². The van der Waals surface area contributed by atoms with Gasteiger partial charge in [0.1, 0.15) is 0 Å². The van der Waals surface area contributed by atoms with E-state index >= 15 is 0 Å². The lowest BCUT2D eigenvalue weighted by atomic mass is 10.0. The van der Waals surface area contributed by atoms with Crippen LogP contribution in [0.15, 0.2) is 29.1 Å². The van der Waals surface area contributed by atoms with Gasteiger partial charge in [-0.15, -0.1) is 0 Å². The number of morpholine rings is 1. The number of carbonyl (C=O) groups excluding carboxylic acids is 1.